The quantitative estimate of drug-likeness (QED) is 0.515. The van der Waals surface area contributed by atoms with Crippen molar-refractivity contribution in [1.29, 1.82) is 0 Å². The summed E-state index contributed by atoms with van der Waals surface area (Å²) in [6.45, 7) is 3.27. The van der Waals surface area contributed by atoms with Gasteiger partial charge in [0.25, 0.3) is 0 Å². The van der Waals surface area contributed by atoms with E-state index in [9.17, 15) is 0 Å². The van der Waals surface area contributed by atoms with E-state index in [0.29, 0.717) is 0 Å². The third-order valence-corrected chi connectivity index (χ3v) is 2.17. The molecule has 0 bridgehead atoms. The van der Waals surface area contributed by atoms with E-state index in [0.717, 1.165) is 11.7 Å². The Morgan fingerprint density at radius 1 is 1.45 bits per heavy atom. The maximum absolute atomic E-state index is 5.04. The first kappa shape index (κ1) is 10.7. The summed E-state index contributed by atoms with van der Waals surface area (Å²) < 4.78 is 0. The van der Waals surface area contributed by atoms with Crippen LogP contribution in [0.5, 0.6) is 0 Å². The summed E-state index contributed by atoms with van der Waals surface area (Å²) in [5.74, 6) is 0. The zero-order chi connectivity index (χ0) is 8.69. The van der Waals surface area contributed by atoms with E-state index in [4.69, 9.17) is 12.2 Å². The average Bonchev–Trinajstić information content (AvgIpc) is 2.03. The Hall–Kier alpha value is -0.310. The van der Waals surface area contributed by atoms with Gasteiger partial charge in [0.2, 0.25) is 0 Å². The van der Waals surface area contributed by atoms with Crippen LogP contribution in [0, 0.1) is 0 Å². The highest BCUT2D eigenvalue weighted by Gasteiger charge is 1.98. The number of nitrogens with one attached hydrogen (secondary N) is 1. The predicted molar refractivity (Wildman–Crippen MR) is 53.8 cm³/mol. The Morgan fingerprint density at radius 3 is 2.55 bits per heavy atom. The van der Waals surface area contributed by atoms with Gasteiger partial charge in [0, 0.05) is 20.6 Å². The molecule has 0 saturated heterocycles. The molecule has 0 amide bonds. The maximum atomic E-state index is 5.04. The van der Waals surface area contributed by atoms with Crippen LogP contribution in [0.2, 0.25) is 0 Å². The van der Waals surface area contributed by atoms with Crippen molar-refractivity contribution in [3.63, 3.8) is 0 Å². The molecule has 0 fully saturated rings. The number of rotatable bonds is 4. The second-order valence-electron chi connectivity index (χ2n) is 2.68. The Labute approximate surface area is 75.0 Å². The molecule has 0 heterocycles. The second kappa shape index (κ2) is 6.40. The fraction of sp³-hybridized carbons (Fsp3) is 0.875. The summed E-state index contributed by atoms with van der Waals surface area (Å²) in [6.07, 6.45) is 3.78. The largest absolute Gasteiger partial charge is 0.366 e. The Kier molecular flexibility index (Phi) is 6.22. The van der Waals surface area contributed by atoms with Gasteiger partial charge in [0.1, 0.15) is 0 Å². The molecule has 0 aliphatic carbocycles. The van der Waals surface area contributed by atoms with Gasteiger partial charge in [-0.25, -0.2) is 0 Å². The average molecular weight is 174 g/mol. The van der Waals surface area contributed by atoms with Gasteiger partial charge in [-0.3, -0.25) is 0 Å². The second-order valence-corrected chi connectivity index (χ2v) is 3.07. The highest BCUT2D eigenvalue weighted by molar-refractivity contribution is 7.80. The summed E-state index contributed by atoms with van der Waals surface area (Å²) in [7, 11) is 3.88. The third-order valence-electron chi connectivity index (χ3n) is 1.66. The van der Waals surface area contributed by atoms with Crippen molar-refractivity contribution in [3.05, 3.63) is 0 Å². The number of hydrogen-bond donors (Lipinski definition) is 1. The normalized spacial score (nSPS) is 9.36. The van der Waals surface area contributed by atoms with Crippen molar-refractivity contribution in [2.45, 2.75) is 26.2 Å². The van der Waals surface area contributed by atoms with Gasteiger partial charge in [0.05, 0.1) is 0 Å². The molecule has 0 aromatic heterocycles. The zero-order valence-corrected chi connectivity index (χ0v) is 8.50. The van der Waals surface area contributed by atoms with Crippen LogP contribution in [-0.2, 0) is 0 Å². The van der Waals surface area contributed by atoms with Crippen LogP contribution in [-0.4, -0.2) is 30.7 Å². The lowest BCUT2D eigenvalue weighted by Crippen LogP contribution is -2.35. The van der Waals surface area contributed by atoms with Crippen LogP contribution >= 0.6 is 12.2 Å². The van der Waals surface area contributed by atoms with E-state index >= 15 is 0 Å². The summed E-state index contributed by atoms with van der Waals surface area (Å²) in [5.41, 5.74) is 0. The molecule has 0 rings (SSSR count). The minimum atomic E-state index is 0.834. The first-order valence-corrected chi connectivity index (χ1v) is 4.56. The van der Waals surface area contributed by atoms with Gasteiger partial charge in [-0.1, -0.05) is 19.8 Å². The molecule has 11 heavy (non-hydrogen) atoms. The molecule has 0 atom stereocenters. The lowest BCUT2D eigenvalue weighted by Gasteiger charge is -2.18. The van der Waals surface area contributed by atoms with Gasteiger partial charge >= 0.3 is 0 Å². The molecule has 2 nitrogen and oxygen atoms in total. The molecule has 0 aromatic rings. The molecule has 66 valence electrons. The molecule has 0 radical (unpaired) electrons. The zero-order valence-electron chi connectivity index (χ0n) is 7.68. The van der Waals surface area contributed by atoms with Crippen molar-refractivity contribution in [2.75, 3.05) is 20.6 Å². The lowest BCUT2D eigenvalue weighted by atomic mass is 10.2. The van der Waals surface area contributed by atoms with E-state index in [1.54, 1.807) is 0 Å². The Balaban J connectivity index is 3.36. The van der Waals surface area contributed by atoms with Crippen molar-refractivity contribution in [1.82, 2.24) is 10.2 Å². The molecule has 0 spiro atoms. The van der Waals surface area contributed by atoms with Gasteiger partial charge in [-0.05, 0) is 18.6 Å². The van der Waals surface area contributed by atoms with Gasteiger partial charge in [0.15, 0.2) is 5.11 Å². The van der Waals surface area contributed by atoms with Crippen LogP contribution in [0.3, 0.4) is 0 Å². The molecule has 3 heteroatoms. The van der Waals surface area contributed by atoms with E-state index in [1.165, 1.54) is 19.3 Å². The van der Waals surface area contributed by atoms with E-state index in [1.807, 2.05) is 14.1 Å². The van der Waals surface area contributed by atoms with Gasteiger partial charge in [-0.2, -0.15) is 0 Å². The lowest BCUT2D eigenvalue weighted by molar-refractivity contribution is 0.471. The maximum Gasteiger partial charge on any atom is 0.168 e. The van der Waals surface area contributed by atoms with Crippen molar-refractivity contribution in [3.8, 4) is 0 Å². The SMILES string of the molecule is CCCCCN(C)C(=S)NC. The smallest absolute Gasteiger partial charge is 0.168 e. The molecule has 0 aliphatic rings. The molecule has 1 N–H and O–H groups in total. The van der Waals surface area contributed by atoms with Crippen molar-refractivity contribution < 1.29 is 0 Å². The summed E-state index contributed by atoms with van der Waals surface area (Å²) in [4.78, 5) is 2.07. The molecular formula is C8H18N2S. The fourth-order valence-electron chi connectivity index (χ4n) is 0.891. The van der Waals surface area contributed by atoms with Crippen molar-refractivity contribution >= 4 is 17.3 Å². The van der Waals surface area contributed by atoms with E-state index < -0.39 is 0 Å². The number of hydrogen-bond acceptors (Lipinski definition) is 1. The van der Waals surface area contributed by atoms with Crippen molar-refractivity contribution in [2.24, 2.45) is 0 Å². The third kappa shape index (κ3) is 5.01. The molecule has 0 aromatic carbocycles. The minimum Gasteiger partial charge on any atom is -0.366 e. The Bertz CT molecular complexity index is 115. The fourth-order valence-corrected chi connectivity index (χ4v) is 0.983. The molecule has 0 aliphatic heterocycles. The number of unbranched alkanes of at least 4 members (excludes halogenated alkanes) is 2. The first-order chi connectivity index (χ1) is 5.22. The van der Waals surface area contributed by atoms with Gasteiger partial charge in [-0.15, -0.1) is 0 Å². The van der Waals surface area contributed by atoms with E-state index in [-0.39, 0.29) is 0 Å². The van der Waals surface area contributed by atoms with Crippen LogP contribution in [0.1, 0.15) is 26.2 Å². The summed E-state index contributed by atoms with van der Waals surface area (Å²) >= 11 is 5.04. The van der Waals surface area contributed by atoms with Crippen LogP contribution in [0.4, 0.5) is 0 Å². The van der Waals surface area contributed by atoms with Gasteiger partial charge < -0.3 is 10.2 Å². The molecule has 0 saturated carbocycles. The number of nitrogens with zero attached hydrogens (tertiary/aromatic N) is 1. The standard InChI is InChI=1S/C8H18N2S/c1-4-5-6-7-10(3)8(11)9-2/h4-7H2,1-3H3,(H,9,11). The Morgan fingerprint density at radius 2 is 2.09 bits per heavy atom. The molecule has 0 unspecified atom stereocenters. The summed E-state index contributed by atoms with van der Waals surface area (Å²) in [5, 5.41) is 3.78. The van der Waals surface area contributed by atoms with Crippen LogP contribution in [0.25, 0.3) is 0 Å². The molecular weight excluding hydrogens is 156 g/mol. The minimum absolute atomic E-state index is 0.834. The van der Waals surface area contributed by atoms with Crippen LogP contribution < -0.4 is 5.32 Å². The number of thiocarbonyl (C=S) groups is 1. The summed E-state index contributed by atoms with van der Waals surface area (Å²) in [6, 6.07) is 0. The highest BCUT2D eigenvalue weighted by atomic mass is 32.1. The topological polar surface area (TPSA) is 15.3 Å². The van der Waals surface area contributed by atoms with Crippen LogP contribution in [0.15, 0.2) is 0 Å². The predicted octanol–water partition coefficient (Wildman–Crippen LogP) is 1.61. The highest BCUT2D eigenvalue weighted by Crippen LogP contribution is 1.96. The van der Waals surface area contributed by atoms with E-state index in [2.05, 4.69) is 17.1 Å². The monoisotopic (exact) mass is 174 g/mol. The first-order valence-electron chi connectivity index (χ1n) is 4.15.